The zero-order valence-electron chi connectivity index (χ0n) is 12.0. The normalized spacial score (nSPS) is 10.9. The molecule has 0 aliphatic carbocycles. The fraction of sp³-hybridized carbons (Fsp3) is 0.235. The molecule has 0 aromatic heterocycles. The summed E-state index contributed by atoms with van der Waals surface area (Å²) >= 11 is 2.81. The molecule has 0 heterocycles. The minimum absolute atomic E-state index is 0.383. The van der Waals surface area contributed by atoms with E-state index < -0.39 is 11.3 Å². The van der Waals surface area contributed by atoms with Gasteiger partial charge < -0.3 is 0 Å². The molecule has 2 aromatic rings. The lowest BCUT2D eigenvalue weighted by Crippen LogP contribution is -2.15. The van der Waals surface area contributed by atoms with E-state index in [0.717, 1.165) is 9.79 Å². The summed E-state index contributed by atoms with van der Waals surface area (Å²) in [5.74, 6) is -0.383. The molecule has 0 saturated heterocycles. The third-order valence-electron chi connectivity index (χ3n) is 2.92. The molecule has 0 atom stereocenters. The number of thioether (sulfide) groups is 2. The number of alkyl halides is 1. The molecule has 2 aromatic carbocycles. The van der Waals surface area contributed by atoms with Crippen molar-refractivity contribution in [2.75, 3.05) is 6.67 Å². The topological polar surface area (TPSA) is 17.1 Å². The first-order valence-electron chi connectivity index (χ1n) is 6.64. The number of hydrogen-bond acceptors (Lipinski definition) is 3. The van der Waals surface area contributed by atoms with E-state index in [2.05, 4.69) is 0 Å². The highest BCUT2D eigenvalue weighted by atomic mass is 32.2. The summed E-state index contributed by atoms with van der Waals surface area (Å²) in [6.45, 7) is 3.10. The summed E-state index contributed by atoms with van der Waals surface area (Å²) in [7, 11) is 0. The van der Waals surface area contributed by atoms with Crippen molar-refractivity contribution in [2.45, 2.75) is 28.2 Å². The average Bonchev–Trinajstić information content (AvgIpc) is 2.50. The molecule has 0 aliphatic rings. The van der Waals surface area contributed by atoms with E-state index in [1.54, 1.807) is 0 Å². The van der Waals surface area contributed by atoms with E-state index >= 15 is 0 Å². The van der Waals surface area contributed by atoms with Crippen LogP contribution >= 0.6 is 23.5 Å². The summed E-state index contributed by atoms with van der Waals surface area (Å²) in [5.41, 5.74) is 2.33. The number of aryl methyl sites for hydroxylation is 2. The van der Waals surface area contributed by atoms with Gasteiger partial charge in [-0.3, -0.25) is 4.79 Å². The summed E-state index contributed by atoms with van der Waals surface area (Å²) in [6.07, 6.45) is 0. The number of hydrogen-bond donors (Lipinski definition) is 0. The van der Waals surface area contributed by atoms with Gasteiger partial charge in [-0.1, -0.05) is 35.4 Å². The number of Topliss-reactive ketones (excluding diaryl/α,β-unsaturated/α-hetero) is 1. The summed E-state index contributed by atoms with van der Waals surface area (Å²) in [6, 6.07) is 15.8. The van der Waals surface area contributed by atoms with E-state index in [9.17, 15) is 9.18 Å². The van der Waals surface area contributed by atoms with Crippen LogP contribution < -0.4 is 0 Å². The lowest BCUT2D eigenvalue weighted by Gasteiger charge is -2.14. The van der Waals surface area contributed by atoms with Crippen molar-refractivity contribution >= 4 is 29.3 Å². The van der Waals surface area contributed by atoms with Gasteiger partial charge in [-0.05, 0) is 38.1 Å². The van der Waals surface area contributed by atoms with E-state index in [1.165, 1.54) is 34.7 Å². The molecular formula is C17H17FOS2. The first-order chi connectivity index (χ1) is 10.1. The number of carbonyl (C=O) groups excluding carboxylic acids is 1. The third-order valence-corrected chi connectivity index (χ3v) is 5.54. The van der Waals surface area contributed by atoms with Gasteiger partial charge >= 0.3 is 0 Å². The minimum atomic E-state index is -0.928. The molecule has 0 bridgehead atoms. The van der Waals surface area contributed by atoms with Crippen molar-refractivity contribution in [1.29, 1.82) is 0 Å². The zero-order chi connectivity index (χ0) is 15.2. The summed E-state index contributed by atoms with van der Waals surface area (Å²) in [5, 5.41) is 0. The van der Waals surface area contributed by atoms with Crippen molar-refractivity contribution < 1.29 is 9.18 Å². The molecule has 2 rings (SSSR count). The Labute approximate surface area is 133 Å². The Hall–Kier alpha value is -1.26. The molecule has 0 amide bonds. The average molecular weight is 320 g/mol. The third kappa shape index (κ3) is 4.90. The molecule has 0 fully saturated rings. The Morgan fingerprint density at radius 1 is 0.905 bits per heavy atom. The number of rotatable bonds is 6. The van der Waals surface area contributed by atoms with Gasteiger partial charge in [0.1, 0.15) is 11.3 Å². The molecule has 4 heteroatoms. The Morgan fingerprint density at radius 2 is 1.29 bits per heavy atom. The molecular weight excluding hydrogens is 303 g/mol. The molecule has 110 valence electrons. The molecule has 0 unspecified atom stereocenters. The van der Waals surface area contributed by atoms with Crippen LogP contribution in [0.2, 0.25) is 0 Å². The van der Waals surface area contributed by atoms with E-state index in [-0.39, 0.29) is 5.78 Å². The zero-order valence-corrected chi connectivity index (χ0v) is 13.6. The van der Waals surface area contributed by atoms with Crippen LogP contribution in [0, 0.1) is 13.8 Å². The quantitative estimate of drug-likeness (QED) is 0.547. The predicted octanol–water partition coefficient (Wildman–Crippen LogP) is 5.05. The van der Waals surface area contributed by atoms with Gasteiger partial charge in [0, 0.05) is 9.79 Å². The van der Waals surface area contributed by atoms with Crippen molar-refractivity contribution in [3.63, 3.8) is 0 Å². The van der Waals surface area contributed by atoms with Crippen LogP contribution in [-0.4, -0.2) is 17.0 Å². The second-order valence-corrected chi connectivity index (χ2v) is 7.45. The van der Waals surface area contributed by atoms with Crippen LogP contribution in [0.1, 0.15) is 11.1 Å². The maximum absolute atomic E-state index is 12.8. The predicted molar refractivity (Wildman–Crippen MR) is 88.8 cm³/mol. The molecule has 1 nitrogen and oxygen atoms in total. The minimum Gasteiger partial charge on any atom is -0.294 e. The molecule has 0 N–H and O–H groups in total. The largest absolute Gasteiger partial charge is 0.294 e. The molecule has 21 heavy (non-hydrogen) atoms. The Kier molecular flexibility index (Phi) is 5.88. The second-order valence-electron chi connectivity index (χ2n) is 4.79. The van der Waals surface area contributed by atoms with Crippen LogP contribution in [0.4, 0.5) is 4.39 Å². The van der Waals surface area contributed by atoms with Crippen molar-refractivity contribution in [2.24, 2.45) is 0 Å². The fourth-order valence-corrected chi connectivity index (χ4v) is 4.03. The number of benzene rings is 2. The maximum Gasteiger partial charge on any atom is 0.187 e. The summed E-state index contributed by atoms with van der Waals surface area (Å²) < 4.78 is 12.3. The van der Waals surface area contributed by atoms with Crippen LogP contribution in [-0.2, 0) is 4.79 Å². The van der Waals surface area contributed by atoms with Gasteiger partial charge in [0.25, 0.3) is 0 Å². The standard InChI is InChI=1S/C17H17FOS2/c1-12-3-7-14(8-4-12)20-17(16(19)11-18)21-15-9-5-13(2)6-10-15/h3-10,17H,11H2,1-2H3. The van der Waals surface area contributed by atoms with Crippen molar-refractivity contribution in [3.05, 3.63) is 59.7 Å². The lowest BCUT2D eigenvalue weighted by atomic mass is 10.2. The van der Waals surface area contributed by atoms with Crippen molar-refractivity contribution in [1.82, 2.24) is 0 Å². The highest BCUT2D eigenvalue weighted by Crippen LogP contribution is 2.36. The second kappa shape index (κ2) is 7.66. The first-order valence-corrected chi connectivity index (χ1v) is 8.40. The number of halogens is 1. The molecule has 0 saturated carbocycles. The highest BCUT2D eigenvalue weighted by Gasteiger charge is 2.21. The number of ketones is 1. The van der Waals surface area contributed by atoms with Gasteiger partial charge in [-0.2, -0.15) is 0 Å². The van der Waals surface area contributed by atoms with Gasteiger partial charge in [-0.25, -0.2) is 4.39 Å². The Bertz CT molecular complexity index is 546. The van der Waals surface area contributed by atoms with Gasteiger partial charge in [-0.15, -0.1) is 23.5 Å². The van der Waals surface area contributed by atoms with Crippen LogP contribution in [0.15, 0.2) is 58.3 Å². The Balaban J connectivity index is 2.12. The van der Waals surface area contributed by atoms with Gasteiger partial charge in [0.05, 0.1) is 0 Å². The van der Waals surface area contributed by atoms with Gasteiger partial charge in [0.2, 0.25) is 0 Å². The summed E-state index contributed by atoms with van der Waals surface area (Å²) in [4.78, 5) is 13.8. The molecule has 0 spiro atoms. The van der Waals surface area contributed by atoms with E-state index in [4.69, 9.17) is 0 Å². The van der Waals surface area contributed by atoms with E-state index in [1.807, 2.05) is 62.4 Å². The smallest absolute Gasteiger partial charge is 0.187 e. The lowest BCUT2D eigenvalue weighted by molar-refractivity contribution is -0.118. The number of carbonyl (C=O) groups is 1. The van der Waals surface area contributed by atoms with Crippen LogP contribution in [0.25, 0.3) is 0 Å². The molecule has 0 aliphatic heterocycles. The SMILES string of the molecule is Cc1ccc(SC(Sc2ccc(C)cc2)C(=O)CF)cc1. The maximum atomic E-state index is 12.8. The Morgan fingerprint density at radius 3 is 1.62 bits per heavy atom. The monoisotopic (exact) mass is 320 g/mol. The highest BCUT2D eigenvalue weighted by molar-refractivity contribution is 8.18. The first kappa shape index (κ1) is 16.1. The molecule has 0 radical (unpaired) electrons. The van der Waals surface area contributed by atoms with Crippen LogP contribution in [0.5, 0.6) is 0 Å². The van der Waals surface area contributed by atoms with Gasteiger partial charge in [0.15, 0.2) is 5.78 Å². The fourth-order valence-electron chi connectivity index (χ4n) is 1.70. The van der Waals surface area contributed by atoms with Crippen LogP contribution in [0.3, 0.4) is 0 Å². The van der Waals surface area contributed by atoms with Crippen molar-refractivity contribution in [3.8, 4) is 0 Å². The van der Waals surface area contributed by atoms with E-state index in [0.29, 0.717) is 0 Å².